The van der Waals surface area contributed by atoms with E-state index in [1.54, 1.807) is 42.3 Å². The lowest BCUT2D eigenvalue weighted by Gasteiger charge is -2.35. The molecule has 0 saturated carbocycles. The molecule has 1 aromatic carbocycles. The number of pyridine rings is 1. The molecule has 1 aliphatic heterocycles. The Balaban J connectivity index is 1.81. The smallest absolute Gasteiger partial charge is 0.256 e. The summed E-state index contributed by atoms with van der Waals surface area (Å²) in [7, 11) is 0. The summed E-state index contributed by atoms with van der Waals surface area (Å²) in [5, 5.41) is 19.0. The second-order valence-corrected chi connectivity index (χ2v) is 6.63. The van der Waals surface area contributed by atoms with Gasteiger partial charge in [-0.25, -0.2) is 0 Å². The number of nitrogens with zero attached hydrogens (tertiary/aromatic N) is 3. The molecule has 1 N–H and O–H groups in total. The van der Waals surface area contributed by atoms with Gasteiger partial charge in [0.25, 0.3) is 5.91 Å². The summed E-state index contributed by atoms with van der Waals surface area (Å²) in [6, 6.07) is 9.59. The number of aldehydes is 1. The number of benzene rings is 1. The molecule has 1 aromatic heterocycles. The minimum Gasteiger partial charge on any atom is -0.507 e. The summed E-state index contributed by atoms with van der Waals surface area (Å²) in [4.78, 5) is 30.3. The van der Waals surface area contributed by atoms with Gasteiger partial charge >= 0.3 is 0 Å². The Bertz CT molecular complexity index is 940. The van der Waals surface area contributed by atoms with Gasteiger partial charge in [-0.2, -0.15) is 5.26 Å². The number of phenols is 1. The van der Waals surface area contributed by atoms with Crippen molar-refractivity contribution in [3.63, 3.8) is 0 Å². The molecule has 1 unspecified atom stereocenters. The van der Waals surface area contributed by atoms with Crippen molar-refractivity contribution < 1.29 is 24.2 Å². The highest BCUT2D eigenvalue weighted by atomic mass is 16.5. The summed E-state index contributed by atoms with van der Waals surface area (Å²) < 4.78 is 11.2. The quantitative estimate of drug-likeness (QED) is 0.746. The molecule has 0 bridgehead atoms. The number of hydrogen-bond donors (Lipinski definition) is 1. The van der Waals surface area contributed by atoms with E-state index in [9.17, 15) is 20.0 Å². The summed E-state index contributed by atoms with van der Waals surface area (Å²) in [6.07, 6.45) is 2.08. The maximum Gasteiger partial charge on any atom is 0.256 e. The van der Waals surface area contributed by atoms with E-state index in [-0.39, 0.29) is 36.2 Å². The van der Waals surface area contributed by atoms with Crippen LogP contribution in [0.15, 0.2) is 36.5 Å². The van der Waals surface area contributed by atoms with Crippen molar-refractivity contribution in [2.45, 2.75) is 18.9 Å². The molecule has 0 radical (unpaired) electrons. The molecular formula is C21H21N3O5. The van der Waals surface area contributed by atoms with Gasteiger partial charge in [0, 0.05) is 12.7 Å². The van der Waals surface area contributed by atoms with Crippen LogP contribution in [0.3, 0.4) is 0 Å². The van der Waals surface area contributed by atoms with Gasteiger partial charge in [0.15, 0.2) is 6.29 Å². The number of hydrogen-bond acceptors (Lipinski definition) is 7. The molecule has 29 heavy (non-hydrogen) atoms. The lowest BCUT2D eigenvalue weighted by atomic mass is 10.0. The van der Waals surface area contributed by atoms with E-state index in [2.05, 4.69) is 11.1 Å². The number of carbonyl (C=O) groups is 2. The average Bonchev–Trinajstić information content (AvgIpc) is 2.77. The molecule has 1 saturated heterocycles. The molecule has 0 spiro atoms. The maximum atomic E-state index is 13.2. The minimum absolute atomic E-state index is 0.0551. The van der Waals surface area contributed by atoms with E-state index < -0.39 is 12.0 Å². The highest BCUT2D eigenvalue weighted by Crippen LogP contribution is 2.26. The van der Waals surface area contributed by atoms with Crippen LogP contribution in [0.4, 0.5) is 0 Å². The van der Waals surface area contributed by atoms with Gasteiger partial charge in [0.1, 0.15) is 18.1 Å². The standard InChI is InChI=1S/C21H21N3O5/c1-14(10-22)20-16(4-3-7-23-20)21(27)24-8-9-28-12-15(24)13-29-19-6-2-5-18(26)17(19)11-25/h2-7,11,14-15,26H,8-9,12-13H2,1H3/t14?,15-/m0/s1. The molecule has 3 rings (SSSR count). The lowest BCUT2D eigenvalue weighted by Crippen LogP contribution is -2.51. The van der Waals surface area contributed by atoms with E-state index in [0.29, 0.717) is 30.7 Å². The van der Waals surface area contributed by atoms with Crippen LogP contribution >= 0.6 is 0 Å². The third-order valence-electron chi connectivity index (χ3n) is 4.75. The van der Waals surface area contributed by atoms with Gasteiger partial charge in [-0.15, -0.1) is 0 Å². The van der Waals surface area contributed by atoms with Crippen LogP contribution in [0.1, 0.15) is 39.3 Å². The molecule has 1 fully saturated rings. The van der Waals surface area contributed by atoms with Gasteiger partial charge in [-0.3, -0.25) is 14.6 Å². The van der Waals surface area contributed by atoms with Crippen LogP contribution < -0.4 is 4.74 Å². The first-order valence-corrected chi connectivity index (χ1v) is 9.20. The van der Waals surface area contributed by atoms with Crippen LogP contribution in [0.2, 0.25) is 0 Å². The molecule has 0 aliphatic carbocycles. The fraction of sp³-hybridized carbons (Fsp3) is 0.333. The monoisotopic (exact) mass is 395 g/mol. The van der Waals surface area contributed by atoms with E-state index >= 15 is 0 Å². The van der Waals surface area contributed by atoms with E-state index in [0.717, 1.165) is 0 Å². The van der Waals surface area contributed by atoms with Crippen LogP contribution in [0, 0.1) is 11.3 Å². The van der Waals surface area contributed by atoms with Crippen LogP contribution in [-0.2, 0) is 4.74 Å². The van der Waals surface area contributed by atoms with Crippen LogP contribution in [0.5, 0.6) is 11.5 Å². The Morgan fingerprint density at radius 3 is 3.07 bits per heavy atom. The number of ether oxygens (including phenoxy) is 2. The van der Waals surface area contributed by atoms with Crippen LogP contribution in [-0.4, -0.2) is 59.6 Å². The zero-order chi connectivity index (χ0) is 20.8. The second kappa shape index (κ2) is 9.17. The molecule has 2 atom stereocenters. The molecule has 8 heteroatoms. The molecule has 2 heterocycles. The van der Waals surface area contributed by atoms with Crippen molar-refractivity contribution in [3.8, 4) is 17.6 Å². The third kappa shape index (κ3) is 4.36. The molecule has 1 aliphatic rings. The largest absolute Gasteiger partial charge is 0.507 e. The minimum atomic E-state index is -0.520. The Hall–Kier alpha value is -3.44. The van der Waals surface area contributed by atoms with E-state index in [1.807, 2.05) is 0 Å². The lowest BCUT2D eigenvalue weighted by molar-refractivity contribution is -0.0152. The number of phenolic OH excluding ortho intramolecular Hbond substituents is 1. The Labute approximate surface area is 168 Å². The first-order valence-electron chi connectivity index (χ1n) is 9.20. The van der Waals surface area contributed by atoms with Gasteiger partial charge in [-0.1, -0.05) is 6.07 Å². The van der Waals surface area contributed by atoms with Crippen molar-refractivity contribution in [1.29, 1.82) is 5.26 Å². The number of rotatable bonds is 6. The second-order valence-electron chi connectivity index (χ2n) is 6.63. The fourth-order valence-corrected chi connectivity index (χ4v) is 3.18. The number of morpholine rings is 1. The number of amides is 1. The summed E-state index contributed by atoms with van der Waals surface area (Å²) in [6.45, 7) is 2.80. The predicted molar refractivity (Wildman–Crippen MR) is 103 cm³/mol. The van der Waals surface area contributed by atoms with Gasteiger partial charge in [-0.05, 0) is 31.2 Å². The summed E-state index contributed by atoms with van der Waals surface area (Å²) in [5.41, 5.74) is 0.862. The first-order chi connectivity index (χ1) is 14.1. The van der Waals surface area contributed by atoms with Gasteiger partial charge in [0.2, 0.25) is 0 Å². The Morgan fingerprint density at radius 2 is 2.31 bits per heavy atom. The molecule has 2 aromatic rings. The van der Waals surface area contributed by atoms with Crippen molar-refractivity contribution in [2.75, 3.05) is 26.4 Å². The molecular weight excluding hydrogens is 374 g/mol. The summed E-state index contributed by atoms with van der Waals surface area (Å²) in [5.74, 6) is -0.707. The Kier molecular flexibility index (Phi) is 6.42. The van der Waals surface area contributed by atoms with Crippen molar-refractivity contribution in [1.82, 2.24) is 9.88 Å². The summed E-state index contributed by atoms with van der Waals surface area (Å²) >= 11 is 0. The van der Waals surface area contributed by atoms with Crippen LogP contribution in [0.25, 0.3) is 0 Å². The zero-order valence-corrected chi connectivity index (χ0v) is 15.9. The number of carbonyl (C=O) groups excluding carboxylic acids is 2. The van der Waals surface area contributed by atoms with Gasteiger partial charge in [0.05, 0.1) is 48.1 Å². The predicted octanol–water partition coefficient (Wildman–Crippen LogP) is 2.15. The number of nitriles is 1. The normalized spacial score (nSPS) is 17.2. The molecule has 150 valence electrons. The molecule has 1 amide bonds. The number of aromatic nitrogens is 1. The van der Waals surface area contributed by atoms with E-state index in [4.69, 9.17) is 9.47 Å². The number of aromatic hydroxyl groups is 1. The molecule has 8 nitrogen and oxygen atoms in total. The van der Waals surface area contributed by atoms with Crippen molar-refractivity contribution in [3.05, 3.63) is 53.3 Å². The zero-order valence-electron chi connectivity index (χ0n) is 15.9. The van der Waals surface area contributed by atoms with E-state index in [1.165, 1.54) is 6.07 Å². The van der Waals surface area contributed by atoms with Crippen molar-refractivity contribution in [2.24, 2.45) is 0 Å². The SMILES string of the molecule is CC(C#N)c1ncccc1C(=O)N1CCOC[C@H]1COc1cccc(O)c1C=O. The topological polar surface area (TPSA) is 113 Å². The maximum absolute atomic E-state index is 13.2. The fourth-order valence-electron chi connectivity index (χ4n) is 3.18. The highest BCUT2D eigenvalue weighted by Gasteiger charge is 2.31. The van der Waals surface area contributed by atoms with Crippen molar-refractivity contribution >= 4 is 12.2 Å². The van der Waals surface area contributed by atoms with Gasteiger partial charge < -0.3 is 19.5 Å². The Morgan fingerprint density at radius 1 is 1.48 bits per heavy atom. The first kappa shape index (κ1) is 20.3. The highest BCUT2D eigenvalue weighted by molar-refractivity contribution is 5.95. The third-order valence-corrected chi connectivity index (χ3v) is 4.75. The average molecular weight is 395 g/mol.